The van der Waals surface area contributed by atoms with Crippen LogP contribution in [0.4, 0.5) is 5.00 Å². The Kier molecular flexibility index (Phi) is 6.95. The molecule has 0 saturated heterocycles. The molecule has 0 bridgehead atoms. The van der Waals surface area contributed by atoms with E-state index in [9.17, 15) is 9.90 Å². The Morgan fingerprint density at radius 2 is 2.10 bits per heavy atom. The van der Waals surface area contributed by atoms with Crippen LogP contribution in [0.1, 0.15) is 49.7 Å². The van der Waals surface area contributed by atoms with Crippen LogP contribution in [0, 0.1) is 6.92 Å². The van der Waals surface area contributed by atoms with Gasteiger partial charge in [0.25, 0.3) is 0 Å². The largest absolute Gasteiger partial charge is 0.478 e. The number of aromatic carboxylic acids is 1. The van der Waals surface area contributed by atoms with E-state index >= 15 is 0 Å². The summed E-state index contributed by atoms with van der Waals surface area (Å²) in [5.74, 6) is -0.908. The van der Waals surface area contributed by atoms with E-state index in [4.69, 9.17) is 0 Å². The quantitative estimate of drug-likeness (QED) is 0.733. The van der Waals surface area contributed by atoms with Gasteiger partial charge in [-0.25, -0.2) is 4.79 Å². The normalized spacial score (nSPS) is 12.7. The van der Waals surface area contributed by atoms with Gasteiger partial charge in [-0.3, -0.25) is 0 Å². The van der Waals surface area contributed by atoms with Crippen LogP contribution in [0.25, 0.3) is 0 Å². The fraction of sp³-hybridized carbons (Fsp3) is 0.714. The number of aromatic nitrogens is 1. The minimum absolute atomic E-state index is 0.253. The Balaban J connectivity index is 2.47. The van der Waals surface area contributed by atoms with Crippen molar-refractivity contribution in [2.45, 2.75) is 46.6 Å². The van der Waals surface area contributed by atoms with Crippen molar-refractivity contribution >= 4 is 22.5 Å². The average molecular weight is 299 g/mol. The minimum atomic E-state index is -0.908. The molecule has 1 heterocycles. The van der Waals surface area contributed by atoms with E-state index in [2.05, 4.69) is 35.4 Å². The van der Waals surface area contributed by atoms with Crippen LogP contribution in [-0.4, -0.2) is 46.0 Å². The van der Waals surface area contributed by atoms with E-state index in [1.165, 1.54) is 11.5 Å². The summed E-state index contributed by atoms with van der Waals surface area (Å²) in [6.07, 6.45) is 2.13. The Morgan fingerprint density at radius 3 is 2.65 bits per heavy atom. The zero-order valence-electron chi connectivity index (χ0n) is 12.8. The van der Waals surface area contributed by atoms with Crippen LogP contribution in [0.2, 0.25) is 0 Å². The molecule has 1 atom stereocenters. The van der Waals surface area contributed by atoms with E-state index < -0.39 is 5.97 Å². The van der Waals surface area contributed by atoms with E-state index in [-0.39, 0.29) is 6.04 Å². The highest BCUT2D eigenvalue weighted by atomic mass is 32.1. The van der Waals surface area contributed by atoms with E-state index in [0.29, 0.717) is 16.3 Å². The second-order valence-electron chi connectivity index (χ2n) is 4.99. The van der Waals surface area contributed by atoms with Gasteiger partial charge in [0.15, 0.2) is 0 Å². The summed E-state index contributed by atoms with van der Waals surface area (Å²) in [7, 11) is 0. The van der Waals surface area contributed by atoms with Crippen molar-refractivity contribution in [2.24, 2.45) is 0 Å². The first-order valence-electron chi connectivity index (χ1n) is 7.18. The number of hydrogen-bond donors (Lipinski definition) is 2. The van der Waals surface area contributed by atoms with Crippen molar-refractivity contribution < 1.29 is 9.90 Å². The summed E-state index contributed by atoms with van der Waals surface area (Å²) in [5, 5.41) is 13.1. The number of nitrogens with one attached hydrogen (secondary N) is 1. The molecule has 0 aliphatic carbocycles. The fourth-order valence-electron chi connectivity index (χ4n) is 2.18. The molecule has 2 N–H and O–H groups in total. The molecule has 1 aromatic rings. The molecule has 1 aromatic heterocycles. The molecule has 0 fully saturated rings. The van der Waals surface area contributed by atoms with Crippen LogP contribution >= 0.6 is 11.5 Å². The lowest BCUT2D eigenvalue weighted by molar-refractivity contribution is 0.0697. The maximum absolute atomic E-state index is 11.2. The standard InChI is InChI=1S/C14H25N3O2S/c1-5-17(6-2)9-7-8-10(3)15-13-12(14(18)19)11(4)16-20-13/h10,15H,5-9H2,1-4H3,(H,18,19). The molecule has 20 heavy (non-hydrogen) atoms. The zero-order chi connectivity index (χ0) is 15.1. The highest BCUT2D eigenvalue weighted by Crippen LogP contribution is 2.25. The van der Waals surface area contributed by atoms with Gasteiger partial charge in [-0.15, -0.1) is 0 Å². The molecule has 114 valence electrons. The van der Waals surface area contributed by atoms with Gasteiger partial charge < -0.3 is 15.3 Å². The molecule has 6 heteroatoms. The van der Waals surface area contributed by atoms with Crippen LogP contribution in [0.5, 0.6) is 0 Å². The number of aryl methyl sites for hydroxylation is 1. The average Bonchev–Trinajstić information content (AvgIpc) is 2.75. The second kappa shape index (κ2) is 8.21. The molecule has 0 radical (unpaired) electrons. The van der Waals surface area contributed by atoms with Gasteiger partial charge >= 0.3 is 5.97 Å². The smallest absolute Gasteiger partial charge is 0.340 e. The Morgan fingerprint density at radius 1 is 1.45 bits per heavy atom. The third-order valence-electron chi connectivity index (χ3n) is 3.46. The van der Waals surface area contributed by atoms with Gasteiger partial charge in [-0.05, 0) is 57.9 Å². The summed E-state index contributed by atoms with van der Waals surface area (Å²) in [5.41, 5.74) is 0.894. The maximum Gasteiger partial charge on any atom is 0.340 e. The molecule has 1 unspecified atom stereocenters. The molecule has 5 nitrogen and oxygen atoms in total. The van der Waals surface area contributed by atoms with Crippen molar-refractivity contribution in [3.63, 3.8) is 0 Å². The highest BCUT2D eigenvalue weighted by Gasteiger charge is 2.18. The third-order valence-corrected chi connectivity index (χ3v) is 4.33. The zero-order valence-corrected chi connectivity index (χ0v) is 13.6. The van der Waals surface area contributed by atoms with E-state index in [1.54, 1.807) is 6.92 Å². The summed E-state index contributed by atoms with van der Waals surface area (Å²) in [6, 6.07) is 0.253. The molecule has 0 saturated carbocycles. The maximum atomic E-state index is 11.2. The lowest BCUT2D eigenvalue weighted by Crippen LogP contribution is -2.25. The van der Waals surface area contributed by atoms with Crippen LogP contribution < -0.4 is 5.32 Å². The van der Waals surface area contributed by atoms with Crippen molar-refractivity contribution in [2.75, 3.05) is 25.0 Å². The number of carboxylic acids is 1. The molecular weight excluding hydrogens is 274 g/mol. The molecular formula is C14H25N3O2S. The second-order valence-corrected chi connectivity index (χ2v) is 5.77. The number of nitrogens with zero attached hydrogens (tertiary/aromatic N) is 2. The predicted molar refractivity (Wildman–Crippen MR) is 83.9 cm³/mol. The number of carboxylic acid groups (broad SMARTS) is 1. The Bertz CT molecular complexity index is 430. The summed E-state index contributed by atoms with van der Waals surface area (Å²) in [4.78, 5) is 13.6. The van der Waals surface area contributed by atoms with Crippen molar-refractivity contribution in [3.8, 4) is 0 Å². The van der Waals surface area contributed by atoms with Gasteiger partial charge in [-0.1, -0.05) is 13.8 Å². The van der Waals surface area contributed by atoms with Gasteiger partial charge in [0.1, 0.15) is 10.6 Å². The summed E-state index contributed by atoms with van der Waals surface area (Å²) >= 11 is 1.23. The Labute approximate surface area is 125 Å². The van der Waals surface area contributed by atoms with Crippen LogP contribution in [-0.2, 0) is 0 Å². The van der Waals surface area contributed by atoms with Crippen LogP contribution in [0.3, 0.4) is 0 Å². The first-order chi connectivity index (χ1) is 9.49. The first-order valence-corrected chi connectivity index (χ1v) is 7.95. The van der Waals surface area contributed by atoms with Gasteiger partial charge in [0, 0.05) is 6.04 Å². The molecule has 0 aromatic carbocycles. The van der Waals surface area contributed by atoms with Crippen molar-refractivity contribution in [1.29, 1.82) is 0 Å². The predicted octanol–water partition coefficient (Wildman–Crippen LogP) is 3.07. The lowest BCUT2D eigenvalue weighted by atomic mass is 10.1. The van der Waals surface area contributed by atoms with Crippen molar-refractivity contribution in [1.82, 2.24) is 9.27 Å². The highest BCUT2D eigenvalue weighted by molar-refractivity contribution is 7.10. The molecule has 0 aliphatic rings. The van der Waals surface area contributed by atoms with Gasteiger partial charge in [0.2, 0.25) is 0 Å². The van der Waals surface area contributed by atoms with Gasteiger partial charge in [0.05, 0.1) is 5.69 Å². The monoisotopic (exact) mass is 299 g/mol. The minimum Gasteiger partial charge on any atom is -0.478 e. The number of rotatable bonds is 9. The summed E-state index contributed by atoms with van der Waals surface area (Å²) in [6.45, 7) is 11.4. The molecule has 0 spiro atoms. The SMILES string of the molecule is CCN(CC)CCCC(C)Nc1snc(C)c1C(=O)O. The molecule has 0 amide bonds. The molecule has 1 rings (SSSR count). The third kappa shape index (κ3) is 4.76. The fourth-order valence-corrected chi connectivity index (χ4v) is 3.08. The summed E-state index contributed by atoms with van der Waals surface area (Å²) < 4.78 is 4.12. The first kappa shape index (κ1) is 16.9. The van der Waals surface area contributed by atoms with Crippen molar-refractivity contribution in [3.05, 3.63) is 11.3 Å². The number of carbonyl (C=O) groups is 1. The topological polar surface area (TPSA) is 65.5 Å². The van der Waals surface area contributed by atoms with E-state index in [0.717, 1.165) is 32.5 Å². The molecule has 0 aliphatic heterocycles. The Hall–Kier alpha value is -1.14. The lowest BCUT2D eigenvalue weighted by Gasteiger charge is -2.20. The van der Waals surface area contributed by atoms with E-state index in [1.807, 2.05) is 0 Å². The number of hydrogen-bond acceptors (Lipinski definition) is 5. The van der Waals surface area contributed by atoms with Gasteiger partial charge in [-0.2, -0.15) is 4.37 Å². The van der Waals surface area contributed by atoms with Crippen LogP contribution in [0.15, 0.2) is 0 Å². The number of anilines is 1.